The summed E-state index contributed by atoms with van der Waals surface area (Å²) in [5.41, 5.74) is 3.37. The summed E-state index contributed by atoms with van der Waals surface area (Å²) in [6, 6.07) is 13.0. The second-order valence-corrected chi connectivity index (χ2v) is 6.12. The van der Waals surface area contributed by atoms with Gasteiger partial charge in [0.25, 0.3) is 0 Å². The fourth-order valence-corrected chi connectivity index (χ4v) is 2.36. The van der Waals surface area contributed by atoms with Gasteiger partial charge in [0.15, 0.2) is 5.82 Å². The Balaban J connectivity index is 1.60. The molecule has 0 fully saturated rings. The van der Waals surface area contributed by atoms with Crippen LogP contribution in [0.5, 0.6) is 11.5 Å². The van der Waals surface area contributed by atoms with E-state index in [1.807, 2.05) is 31.2 Å². The van der Waals surface area contributed by atoms with Crippen LogP contribution >= 0.6 is 0 Å². The molecule has 1 heterocycles. The van der Waals surface area contributed by atoms with Crippen molar-refractivity contribution in [2.24, 2.45) is 12.2 Å². The van der Waals surface area contributed by atoms with Gasteiger partial charge >= 0.3 is 0 Å². The Hall–Kier alpha value is -3.42. The number of oxime groups is 1. The molecule has 0 spiro atoms. The Morgan fingerprint density at radius 1 is 1.15 bits per heavy atom. The number of aromatic hydroxyl groups is 1. The smallest absolute Gasteiger partial charge is 0.188 e. The number of benzene rings is 2. The van der Waals surface area contributed by atoms with E-state index in [0.717, 1.165) is 5.56 Å². The van der Waals surface area contributed by atoms with Gasteiger partial charge in [0.1, 0.15) is 24.7 Å². The lowest BCUT2D eigenvalue weighted by molar-refractivity contribution is 0.130. The van der Waals surface area contributed by atoms with E-state index in [-0.39, 0.29) is 12.4 Å². The zero-order valence-corrected chi connectivity index (χ0v) is 15.5. The maximum Gasteiger partial charge on any atom is 0.188 e. The van der Waals surface area contributed by atoms with Gasteiger partial charge in [-0.3, -0.25) is 0 Å². The van der Waals surface area contributed by atoms with Gasteiger partial charge in [0.2, 0.25) is 0 Å². The van der Waals surface area contributed by atoms with Gasteiger partial charge < -0.3 is 14.7 Å². The van der Waals surface area contributed by atoms with E-state index in [4.69, 9.17) is 9.57 Å². The van der Waals surface area contributed by atoms with E-state index in [0.29, 0.717) is 29.5 Å². The van der Waals surface area contributed by atoms with Gasteiger partial charge in [-0.2, -0.15) is 0 Å². The molecule has 0 amide bonds. The van der Waals surface area contributed by atoms with Gasteiger partial charge in [0, 0.05) is 18.7 Å². The van der Waals surface area contributed by atoms with Crippen LogP contribution in [-0.2, 0) is 25.1 Å². The van der Waals surface area contributed by atoms with Crippen LogP contribution in [0, 0.1) is 6.92 Å². The largest absolute Gasteiger partial charge is 0.507 e. The molecule has 0 saturated heterocycles. The average Bonchev–Trinajstić information content (AvgIpc) is 3.06. The number of phenols is 1. The third kappa shape index (κ3) is 4.81. The van der Waals surface area contributed by atoms with E-state index in [9.17, 15) is 5.11 Å². The summed E-state index contributed by atoms with van der Waals surface area (Å²) in [6.07, 6.45) is 0. The third-order valence-electron chi connectivity index (χ3n) is 3.99. The van der Waals surface area contributed by atoms with Crippen molar-refractivity contribution in [3.05, 3.63) is 65.0 Å². The van der Waals surface area contributed by atoms with Crippen LogP contribution < -0.4 is 4.74 Å². The minimum absolute atomic E-state index is 0.0591. The third-order valence-corrected chi connectivity index (χ3v) is 3.99. The predicted octanol–water partition coefficient (Wildman–Crippen LogP) is 2.74. The van der Waals surface area contributed by atoms with Gasteiger partial charge in [-0.1, -0.05) is 35.0 Å². The highest BCUT2D eigenvalue weighted by atomic mass is 16.6. The molecule has 0 bridgehead atoms. The zero-order valence-electron chi connectivity index (χ0n) is 15.5. The first kappa shape index (κ1) is 18.4. The summed E-state index contributed by atoms with van der Waals surface area (Å²) in [4.78, 5) is 5.39. The second-order valence-electron chi connectivity index (χ2n) is 6.12. The molecular formula is C19H21N5O3. The van der Waals surface area contributed by atoms with E-state index in [2.05, 4.69) is 20.7 Å². The second kappa shape index (κ2) is 8.31. The number of ether oxygens (including phenoxy) is 1. The molecule has 0 aliphatic rings. The number of hydrogen-bond acceptors (Lipinski definition) is 7. The van der Waals surface area contributed by atoms with Crippen LogP contribution in [0.15, 0.2) is 47.6 Å². The van der Waals surface area contributed by atoms with Crippen molar-refractivity contribution in [3.8, 4) is 11.5 Å². The summed E-state index contributed by atoms with van der Waals surface area (Å²) >= 11 is 0. The van der Waals surface area contributed by atoms with Gasteiger partial charge in [-0.25, -0.2) is 4.68 Å². The van der Waals surface area contributed by atoms with Crippen molar-refractivity contribution < 1.29 is 14.7 Å². The molecule has 0 saturated carbocycles. The van der Waals surface area contributed by atoms with Gasteiger partial charge in [0.05, 0.1) is 5.71 Å². The number of hydrogen-bond donors (Lipinski definition) is 1. The molecule has 3 aromatic rings. The number of aryl methyl sites for hydroxylation is 2. The lowest BCUT2D eigenvalue weighted by atomic mass is 10.1. The van der Waals surface area contributed by atoms with E-state index < -0.39 is 0 Å². The van der Waals surface area contributed by atoms with Crippen molar-refractivity contribution in [1.29, 1.82) is 0 Å². The SMILES string of the molecule is C/C(=N\OCc1ccc(C)cc1)c1ccc(OCc2nnnn2C)cc1O. The fourth-order valence-electron chi connectivity index (χ4n) is 2.36. The van der Waals surface area contributed by atoms with Crippen LogP contribution in [0.25, 0.3) is 0 Å². The summed E-state index contributed by atoms with van der Waals surface area (Å²) < 4.78 is 7.13. The average molecular weight is 367 g/mol. The van der Waals surface area contributed by atoms with Crippen molar-refractivity contribution in [1.82, 2.24) is 20.2 Å². The molecular weight excluding hydrogens is 346 g/mol. The highest BCUT2D eigenvalue weighted by Gasteiger charge is 2.09. The minimum Gasteiger partial charge on any atom is -0.507 e. The first-order valence-corrected chi connectivity index (χ1v) is 8.42. The maximum absolute atomic E-state index is 10.3. The molecule has 0 radical (unpaired) electrons. The fraction of sp³-hybridized carbons (Fsp3) is 0.263. The number of aromatic nitrogens is 4. The highest BCUT2D eigenvalue weighted by molar-refractivity contribution is 6.00. The van der Waals surface area contributed by atoms with Crippen molar-refractivity contribution in [3.63, 3.8) is 0 Å². The standard InChI is InChI=1S/C19H21N5O3/c1-13-4-6-15(7-5-13)11-27-21-14(2)17-9-8-16(10-18(17)25)26-12-19-20-22-23-24(19)3/h4-10,25H,11-12H2,1-3H3/b21-14+. The lowest BCUT2D eigenvalue weighted by Gasteiger charge is -2.09. The minimum atomic E-state index is 0.0591. The Labute approximate surface area is 157 Å². The number of phenolic OH excluding ortho intramolecular Hbond substituents is 1. The van der Waals surface area contributed by atoms with Crippen LogP contribution in [0.4, 0.5) is 0 Å². The van der Waals surface area contributed by atoms with Crippen molar-refractivity contribution >= 4 is 5.71 Å². The molecule has 8 nitrogen and oxygen atoms in total. The van der Waals surface area contributed by atoms with Crippen LogP contribution in [0.1, 0.15) is 29.4 Å². The summed E-state index contributed by atoms with van der Waals surface area (Å²) in [6.45, 7) is 4.38. The van der Waals surface area contributed by atoms with E-state index in [1.165, 1.54) is 16.3 Å². The molecule has 3 rings (SSSR count). The molecule has 1 aromatic heterocycles. The van der Waals surface area contributed by atoms with Crippen LogP contribution in [0.3, 0.4) is 0 Å². The summed E-state index contributed by atoms with van der Waals surface area (Å²) in [5, 5.41) is 25.5. The molecule has 0 atom stereocenters. The molecule has 1 N–H and O–H groups in total. The molecule has 2 aromatic carbocycles. The monoisotopic (exact) mass is 367 g/mol. The Bertz CT molecular complexity index is 935. The number of tetrazole rings is 1. The Kier molecular flexibility index (Phi) is 5.65. The van der Waals surface area contributed by atoms with Gasteiger partial charge in [-0.05, 0) is 42.0 Å². The number of nitrogens with zero attached hydrogens (tertiary/aromatic N) is 5. The van der Waals surface area contributed by atoms with Crippen molar-refractivity contribution in [2.45, 2.75) is 27.1 Å². The summed E-state index contributed by atoms with van der Waals surface area (Å²) in [7, 11) is 1.73. The zero-order chi connectivity index (χ0) is 19.2. The molecule has 0 aliphatic carbocycles. The summed E-state index contributed by atoms with van der Waals surface area (Å²) in [5.74, 6) is 1.15. The normalized spacial score (nSPS) is 11.4. The quantitative estimate of drug-likeness (QED) is 0.510. The molecule has 0 aliphatic heterocycles. The van der Waals surface area contributed by atoms with Crippen LogP contribution in [-0.4, -0.2) is 31.0 Å². The van der Waals surface area contributed by atoms with Crippen LogP contribution in [0.2, 0.25) is 0 Å². The first-order valence-electron chi connectivity index (χ1n) is 8.42. The molecule has 0 unspecified atom stereocenters. The van der Waals surface area contributed by atoms with Gasteiger partial charge in [-0.15, -0.1) is 5.10 Å². The first-order chi connectivity index (χ1) is 13.0. The van der Waals surface area contributed by atoms with E-state index >= 15 is 0 Å². The maximum atomic E-state index is 10.3. The molecule has 8 heteroatoms. The predicted molar refractivity (Wildman–Crippen MR) is 99.4 cm³/mol. The number of rotatable bonds is 7. The lowest BCUT2D eigenvalue weighted by Crippen LogP contribution is -2.04. The molecule has 140 valence electrons. The van der Waals surface area contributed by atoms with E-state index in [1.54, 1.807) is 26.1 Å². The molecule has 27 heavy (non-hydrogen) atoms. The Morgan fingerprint density at radius 3 is 2.59 bits per heavy atom. The van der Waals surface area contributed by atoms with Crippen molar-refractivity contribution in [2.75, 3.05) is 0 Å². The topological polar surface area (TPSA) is 94.7 Å². The highest BCUT2D eigenvalue weighted by Crippen LogP contribution is 2.25. The Morgan fingerprint density at radius 2 is 1.93 bits per heavy atom.